The Balaban J connectivity index is 2.53. The molecule has 0 aromatic heterocycles. The number of carbonyl (C=O) groups is 1. The lowest BCUT2D eigenvalue weighted by molar-refractivity contribution is -0.121. The maximum Gasteiger partial charge on any atom is 0.224 e. The molecular weight excluding hydrogens is 250 g/mol. The molecular formula is C17H27NO2. The first-order valence-electron chi connectivity index (χ1n) is 7.48. The maximum absolute atomic E-state index is 12.0. The van der Waals surface area contributed by atoms with Crippen LogP contribution in [0, 0.1) is 12.3 Å². The predicted octanol–water partition coefficient (Wildman–Crippen LogP) is 2.84. The van der Waals surface area contributed by atoms with E-state index in [2.05, 4.69) is 19.2 Å². The van der Waals surface area contributed by atoms with Gasteiger partial charge in [-0.2, -0.15) is 0 Å². The van der Waals surface area contributed by atoms with E-state index in [0.717, 1.165) is 24.8 Å². The highest BCUT2D eigenvalue weighted by atomic mass is 16.3. The number of aliphatic hydroxyl groups excluding tert-OH is 1. The molecule has 0 fully saturated rings. The third-order valence-corrected chi connectivity index (χ3v) is 4.25. The molecule has 1 amide bonds. The molecule has 0 aliphatic carbocycles. The van der Waals surface area contributed by atoms with Crippen molar-refractivity contribution in [2.75, 3.05) is 13.2 Å². The number of carbonyl (C=O) groups excluding carboxylic acids is 1. The third kappa shape index (κ3) is 4.97. The van der Waals surface area contributed by atoms with E-state index in [0.29, 0.717) is 13.0 Å². The van der Waals surface area contributed by atoms with Crippen molar-refractivity contribution in [1.82, 2.24) is 5.32 Å². The molecule has 3 heteroatoms. The van der Waals surface area contributed by atoms with Crippen LogP contribution in [0.5, 0.6) is 0 Å². The summed E-state index contributed by atoms with van der Waals surface area (Å²) in [6.07, 6.45) is 3.10. The van der Waals surface area contributed by atoms with Crippen LogP contribution in [-0.4, -0.2) is 24.2 Å². The molecule has 0 atom stereocenters. The standard InChI is InChI=1S/C17H27NO2/c1-4-17(5-2,9-10-19)13-18-16(20)12-15-8-6-7-14(3)11-15/h6-8,11,19H,4-5,9-10,12-13H2,1-3H3,(H,18,20). The van der Waals surface area contributed by atoms with Gasteiger partial charge in [-0.05, 0) is 37.2 Å². The Morgan fingerprint density at radius 3 is 2.55 bits per heavy atom. The molecule has 0 aliphatic heterocycles. The van der Waals surface area contributed by atoms with Crippen LogP contribution in [0.2, 0.25) is 0 Å². The first-order chi connectivity index (χ1) is 9.55. The largest absolute Gasteiger partial charge is 0.396 e. The lowest BCUT2D eigenvalue weighted by Gasteiger charge is -2.31. The molecule has 0 heterocycles. The van der Waals surface area contributed by atoms with Crippen LogP contribution < -0.4 is 5.32 Å². The van der Waals surface area contributed by atoms with Crippen LogP contribution in [0.1, 0.15) is 44.2 Å². The van der Waals surface area contributed by atoms with E-state index in [1.54, 1.807) is 0 Å². The van der Waals surface area contributed by atoms with Gasteiger partial charge in [0.15, 0.2) is 0 Å². The van der Waals surface area contributed by atoms with Gasteiger partial charge in [0.1, 0.15) is 0 Å². The molecule has 0 bridgehead atoms. The Morgan fingerprint density at radius 2 is 2.00 bits per heavy atom. The van der Waals surface area contributed by atoms with Gasteiger partial charge in [-0.3, -0.25) is 4.79 Å². The number of aliphatic hydroxyl groups is 1. The highest BCUT2D eigenvalue weighted by Gasteiger charge is 2.25. The van der Waals surface area contributed by atoms with Crippen molar-refractivity contribution in [3.63, 3.8) is 0 Å². The fourth-order valence-electron chi connectivity index (χ4n) is 2.54. The summed E-state index contributed by atoms with van der Waals surface area (Å²) in [5.74, 6) is 0.0554. The zero-order chi connectivity index (χ0) is 15.0. The van der Waals surface area contributed by atoms with Gasteiger partial charge in [0.05, 0.1) is 6.42 Å². The van der Waals surface area contributed by atoms with Crippen LogP contribution in [0.4, 0.5) is 0 Å². The Bertz CT molecular complexity index is 425. The summed E-state index contributed by atoms with van der Waals surface area (Å²) >= 11 is 0. The van der Waals surface area contributed by atoms with Crippen LogP contribution >= 0.6 is 0 Å². The van der Waals surface area contributed by atoms with E-state index < -0.39 is 0 Å². The van der Waals surface area contributed by atoms with Gasteiger partial charge < -0.3 is 10.4 Å². The number of hydrogen-bond acceptors (Lipinski definition) is 2. The van der Waals surface area contributed by atoms with Gasteiger partial charge in [0.25, 0.3) is 0 Å². The third-order valence-electron chi connectivity index (χ3n) is 4.25. The van der Waals surface area contributed by atoms with E-state index in [-0.39, 0.29) is 17.9 Å². The fourth-order valence-corrected chi connectivity index (χ4v) is 2.54. The number of nitrogens with one attached hydrogen (secondary N) is 1. The second-order valence-corrected chi connectivity index (χ2v) is 5.62. The summed E-state index contributed by atoms with van der Waals surface area (Å²) in [5, 5.41) is 12.2. The van der Waals surface area contributed by atoms with Gasteiger partial charge in [-0.15, -0.1) is 0 Å². The summed E-state index contributed by atoms with van der Waals surface area (Å²) in [6.45, 7) is 7.08. The summed E-state index contributed by atoms with van der Waals surface area (Å²) in [5.41, 5.74) is 2.24. The first-order valence-corrected chi connectivity index (χ1v) is 7.48. The van der Waals surface area contributed by atoms with Gasteiger partial charge >= 0.3 is 0 Å². The second kappa shape index (κ2) is 8.05. The molecule has 0 radical (unpaired) electrons. The van der Waals surface area contributed by atoms with Crippen molar-refractivity contribution in [2.45, 2.75) is 46.5 Å². The topological polar surface area (TPSA) is 49.3 Å². The molecule has 1 aromatic carbocycles. The first kappa shape index (κ1) is 16.7. The molecule has 0 saturated heterocycles. The van der Waals surface area contributed by atoms with E-state index in [4.69, 9.17) is 0 Å². The summed E-state index contributed by atoms with van der Waals surface area (Å²) in [4.78, 5) is 12.0. The van der Waals surface area contributed by atoms with Crippen molar-refractivity contribution < 1.29 is 9.90 Å². The summed E-state index contributed by atoms with van der Waals surface area (Å²) in [6, 6.07) is 8.03. The zero-order valence-corrected chi connectivity index (χ0v) is 12.9. The molecule has 0 unspecified atom stereocenters. The Morgan fingerprint density at radius 1 is 1.30 bits per heavy atom. The monoisotopic (exact) mass is 277 g/mol. The predicted molar refractivity (Wildman–Crippen MR) is 82.6 cm³/mol. The highest BCUT2D eigenvalue weighted by molar-refractivity contribution is 5.78. The van der Waals surface area contributed by atoms with Gasteiger partial charge in [0, 0.05) is 13.2 Å². The fraction of sp³-hybridized carbons (Fsp3) is 0.588. The molecule has 1 rings (SSSR count). The van der Waals surface area contributed by atoms with E-state index >= 15 is 0 Å². The average molecular weight is 277 g/mol. The Kier molecular flexibility index (Phi) is 6.73. The van der Waals surface area contributed by atoms with Gasteiger partial charge in [0.2, 0.25) is 5.91 Å². The molecule has 20 heavy (non-hydrogen) atoms. The quantitative estimate of drug-likeness (QED) is 0.767. The average Bonchev–Trinajstić information content (AvgIpc) is 2.44. The molecule has 1 aromatic rings. The minimum absolute atomic E-state index is 0.0248. The van der Waals surface area contributed by atoms with Crippen LogP contribution in [-0.2, 0) is 11.2 Å². The van der Waals surface area contributed by atoms with Crippen molar-refractivity contribution in [1.29, 1.82) is 0 Å². The van der Waals surface area contributed by atoms with Crippen molar-refractivity contribution in [3.8, 4) is 0 Å². The van der Waals surface area contributed by atoms with E-state index in [1.807, 2.05) is 31.2 Å². The molecule has 112 valence electrons. The number of rotatable bonds is 8. The van der Waals surface area contributed by atoms with Crippen molar-refractivity contribution >= 4 is 5.91 Å². The minimum Gasteiger partial charge on any atom is -0.396 e. The van der Waals surface area contributed by atoms with Gasteiger partial charge in [-0.25, -0.2) is 0 Å². The molecule has 2 N–H and O–H groups in total. The number of benzene rings is 1. The minimum atomic E-state index is 0.0248. The van der Waals surface area contributed by atoms with Crippen LogP contribution in [0.3, 0.4) is 0 Å². The SMILES string of the molecule is CCC(CC)(CCO)CNC(=O)Cc1cccc(C)c1. The van der Waals surface area contributed by atoms with E-state index in [9.17, 15) is 9.90 Å². The normalized spacial score (nSPS) is 11.4. The number of amides is 1. The summed E-state index contributed by atoms with van der Waals surface area (Å²) in [7, 11) is 0. The maximum atomic E-state index is 12.0. The smallest absolute Gasteiger partial charge is 0.224 e. The second-order valence-electron chi connectivity index (χ2n) is 5.62. The van der Waals surface area contributed by atoms with Crippen molar-refractivity contribution in [2.24, 2.45) is 5.41 Å². The van der Waals surface area contributed by atoms with Crippen molar-refractivity contribution in [3.05, 3.63) is 35.4 Å². The Hall–Kier alpha value is -1.35. The number of hydrogen-bond donors (Lipinski definition) is 2. The number of aryl methyl sites for hydroxylation is 1. The van der Waals surface area contributed by atoms with Gasteiger partial charge in [-0.1, -0.05) is 43.7 Å². The zero-order valence-electron chi connectivity index (χ0n) is 12.9. The molecule has 3 nitrogen and oxygen atoms in total. The lowest BCUT2D eigenvalue weighted by atomic mass is 9.79. The van der Waals surface area contributed by atoms with Crippen LogP contribution in [0.25, 0.3) is 0 Å². The Labute approximate surface area is 122 Å². The van der Waals surface area contributed by atoms with Crippen LogP contribution in [0.15, 0.2) is 24.3 Å². The highest BCUT2D eigenvalue weighted by Crippen LogP contribution is 2.29. The molecule has 0 saturated carbocycles. The summed E-state index contributed by atoms with van der Waals surface area (Å²) < 4.78 is 0. The molecule has 0 aliphatic rings. The van der Waals surface area contributed by atoms with E-state index in [1.165, 1.54) is 5.56 Å². The molecule has 0 spiro atoms. The lowest BCUT2D eigenvalue weighted by Crippen LogP contribution is -2.38.